The summed E-state index contributed by atoms with van der Waals surface area (Å²) in [6, 6.07) is 3.97. The van der Waals surface area contributed by atoms with Crippen molar-refractivity contribution in [1.29, 1.82) is 0 Å². The van der Waals surface area contributed by atoms with Gasteiger partial charge in [0.2, 0.25) is 11.8 Å². The first kappa shape index (κ1) is 17.9. The number of carbonyl (C=O) groups is 2. The molecule has 1 rings (SSSR count). The van der Waals surface area contributed by atoms with Crippen LogP contribution in [0.15, 0.2) is 23.1 Å². The number of hydrogen-bond donors (Lipinski definition) is 2. The average molecular weight is 326 g/mol. The van der Waals surface area contributed by atoms with Gasteiger partial charge < -0.3 is 16.0 Å². The molecule has 0 spiro atoms. The lowest BCUT2D eigenvalue weighted by Gasteiger charge is -2.16. The van der Waals surface area contributed by atoms with Crippen molar-refractivity contribution in [2.75, 3.05) is 32.9 Å². The van der Waals surface area contributed by atoms with Gasteiger partial charge in [-0.25, -0.2) is 0 Å². The number of likely N-dealkylation sites (N-methyl/N-ethyl adjacent to an activating group) is 2. The van der Waals surface area contributed by atoms with Crippen molar-refractivity contribution < 1.29 is 14.5 Å². The summed E-state index contributed by atoms with van der Waals surface area (Å²) < 4.78 is 0. The topological polar surface area (TPSA) is 119 Å². The van der Waals surface area contributed by atoms with Crippen LogP contribution in [0.2, 0.25) is 0 Å². The molecular weight excluding hydrogens is 308 g/mol. The van der Waals surface area contributed by atoms with Crippen molar-refractivity contribution in [3.05, 3.63) is 33.9 Å². The zero-order valence-corrected chi connectivity index (χ0v) is 13.2. The van der Waals surface area contributed by atoms with E-state index in [-0.39, 0.29) is 22.9 Å². The number of primary amides is 1. The highest BCUT2D eigenvalue weighted by Gasteiger charge is 2.18. The van der Waals surface area contributed by atoms with Crippen LogP contribution in [0.5, 0.6) is 0 Å². The third-order valence-corrected chi connectivity index (χ3v) is 3.96. The zero-order chi connectivity index (χ0) is 16.7. The zero-order valence-electron chi connectivity index (χ0n) is 12.4. The van der Waals surface area contributed by atoms with E-state index in [0.717, 1.165) is 17.8 Å². The molecule has 120 valence electrons. The van der Waals surface area contributed by atoms with Gasteiger partial charge in [0.15, 0.2) is 0 Å². The monoisotopic (exact) mass is 326 g/mol. The predicted octanol–water partition coefficient (Wildman–Crippen LogP) is 0.464. The van der Waals surface area contributed by atoms with E-state index in [9.17, 15) is 19.7 Å². The van der Waals surface area contributed by atoms with Gasteiger partial charge in [-0.15, -0.1) is 11.8 Å². The number of nitrogens with one attached hydrogen (secondary N) is 1. The maximum Gasteiger partial charge on any atom is 0.283 e. The van der Waals surface area contributed by atoms with Gasteiger partial charge in [0, 0.05) is 31.8 Å². The molecule has 1 aromatic carbocycles. The molecule has 0 unspecified atom stereocenters. The van der Waals surface area contributed by atoms with Crippen LogP contribution in [0.1, 0.15) is 10.4 Å². The van der Waals surface area contributed by atoms with Gasteiger partial charge in [-0.05, 0) is 19.2 Å². The first-order chi connectivity index (χ1) is 10.4. The number of carbonyl (C=O) groups excluding carboxylic acids is 2. The van der Waals surface area contributed by atoms with Gasteiger partial charge in [0.1, 0.15) is 0 Å². The number of benzene rings is 1. The first-order valence-corrected chi connectivity index (χ1v) is 7.45. The van der Waals surface area contributed by atoms with E-state index < -0.39 is 10.8 Å². The number of thioether (sulfide) groups is 1. The van der Waals surface area contributed by atoms with Crippen LogP contribution in [0.4, 0.5) is 5.69 Å². The van der Waals surface area contributed by atoms with E-state index in [0.29, 0.717) is 18.0 Å². The normalized spacial score (nSPS) is 10.3. The Morgan fingerprint density at radius 2 is 2.14 bits per heavy atom. The van der Waals surface area contributed by atoms with Gasteiger partial charge in [0.05, 0.1) is 15.6 Å². The molecule has 8 nitrogen and oxygen atoms in total. The SMILES string of the molecule is CNCCN(C)C(=O)CSc1ccc(C(N)=O)cc1[N+](=O)[O-]. The maximum atomic E-state index is 11.9. The van der Waals surface area contributed by atoms with Crippen molar-refractivity contribution in [3.63, 3.8) is 0 Å². The van der Waals surface area contributed by atoms with Crippen LogP contribution < -0.4 is 11.1 Å². The molecule has 0 aliphatic heterocycles. The van der Waals surface area contributed by atoms with E-state index in [1.54, 1.807) is 19.0 Å². The van der Waals surface area contributed by atoms with E-state index in [4.69, 9.17) is 5.73 Å². The molecule has 9 heteroatoms. The van der Waals surface area contributed by atoms with E-state index >= 15 is 0 Å². The summed E-state index contributed by atoms with van der Waals surface area (Å²) in [7, 11) is 3.46. The Labute approximate surface area is 132 Å². The molecule has 0 heterocycles. The van der Waals surface area contributed by atoms with Gasteiger partial charge in [-0.1, -0.05) is 0 Å². The van der Waals surface area contributed by atoms with Crippen molar-refractivity contribution in [2.24, 2.45) is 5.73 Å². The van der Waals surface area contributed by atoms with Crippen LogP contribution >= 0.6 is 11.8 Å². The first-order valence-electron chi connectivity index (χ1n) is 6.46. The summed E-state index contributed by atoms with van der Waals surface area (Å²) in [5.74, 6) is -0.784. The molecule has 22 heavy (non-hydrogen) atoms. The lowest BCUT2D eigenvalue weighted by atomic mass is 10.2. The van der Waals surface area contributed by atoms with E-state index in [1.165, 1.54) is 12.1 Å². The standard InChI is InChI=1S/C13H18N4O4S/c1-15-5-6-16(2)12(18)8-22-11-4-3-9(13(14)19)7-10(11)17(20)21/h3-4,7,15H,5-6,8H2,1-2H3,(H2,14,19). The summed E-state index contributed by atoms with van der Waals surface area (Å²) in [4.78, 5) is 35.3. The fourth-order valence-electron chi connectivity index (χ4n) is 1.59. The molecule has 1 aromatic rings. The summed E-state index contributed by atoms with van der Waals surface area (Å²) >= 11 is 1.06. The average Bonchev–Trinajstić information content (AvgIpc) is 2.49. The van der Waals surface area contributed by atoms with Crippen LogP contribution in [0.3, 0.4) is 0 Å². The molecule has 0 atom stereocenters. The molecule has 0 saturated heterocycles. The summed E-state index contributed by atoms with van der Waals surface area (Å²) in [5.41, 5.74) is 4.94. The van der Waals surface area contributed by atoms with Crippen molar-refractivity contribution in [1.82, 2.24) is 10.2 Å². The van der Waals surface area contributed by atoms with Crippen molar-refractivity contribution >= 4 is 29.3 Å². The second-order valence-corrected chi connectivity index (χ2v) is 5.53. The number of nitro groups is 1. The highest BCUT2D eigenvalue weighted by Crippen LogP contribution is 2.30. The molecular formula is C13H18N4O4S. The number of nitrogens with two attached hydrogens (primary N) is 1. The Hall–Kier alpha value is -2.13. The van der Waals surface area contributed by atoms with Crippen LogP contribution in [0.25, 0.3) is 0 Å². The molecule has 0 radical (unpaired) electrons. The Morgan fingerprint density at radius 3 is 2.68 bits per heavy atom. The molecule has 3 N–H and O–H groups in total. The predicted molar refractivity (Wildman–Crippen MR) is 83.9 cm³/mol. The molecule has 0 aliphatic carbocycles. The van der Waals surface area contributed by atoms with Gasteiger partial charge >= 0.3 is 0 Å². The lowest BCUT2D eigenvalue weighted by molar-refractivity contribution is -0.387. The fraction of sp³-hybridized carbons (Fsp3) is 0.385. The molecule has 0 aliphatic rings. The Balaban J connectivity index is 2.79. The summed E-state index contributed by atoms with van der Waals surface area (Å²) in [6.45, 7) is 1.22. The highest BCUT2D eigenvalue weighted by atomic mass is 32.2. The largest absolute Gasteiger partial charge is 0.366 e. The molecule has 2 amide bonds. The number of nitro benzene ring substituents is 1. The van der Waals surface area contributed by atoms with Crippen LogP contribution in [-0.4, -0.2) is 54.6 Å². The molecule has 0 aromatic heterocycles. The van der Waals surface area contributed by atoms with Gasteiger partial charge in [0.25, 0.3) is 5.69 Å². The second kappa shape index (κ2) is 8.35. The third-order valence-electron chi connectivity index (χ3n) is 2.91. The Morgan fingerprint density at radius 1 is 1.45 bits per heavy atom. The smallest absolute Gasteiger partial charge is 0.283 e. The highest BCUT2D eigenvalue weighted by molar-refractivity contribution is 8.00. The minimum absolute atomic E-state index is 0.0634. The quantitative estimate of drug-likeness (QED) is 0.407. The summed E-state index contributed by atoms with van der Waals surface area (Å²) in [5, 5.41) is 14.0. The molecule has 0 bridgehead atoms. The van der Waals surface area contributed by atoms with Gasteiger partial charge in [-0.3, -0.25) is 19.7 Å². The van der Waals surface area contributed by atoms with E-state index in [1.807, 2.05) is 0 Å². The Kier molecular flexibility index (Phi) is 6.80. The van der Waals surface area contributed by atoms with Crippen molar-refractivity contribution in [3.8, 4) is 0 Å². The summed E-state index contributed by atoms with van der Waals surface area (Å²) in [6.07, 6.45) is 0. The third kappa shape index (κ3) is 5.01. The van der Waals surface area contributed by atoms with Crippen molar-refractivity contribution in [2.45, 2.75) is 4.90 Å². The van der Waals surface area contributed by atoms with Gasteiger partial charge in [-0.2, -0.15) is 0 Å². The second-order valence-electron chi connectivity index (χ2n) is 4.51. The molecule has 0 saturated carbocycles. The number of rotatable bonds is 8. The number of nitrogens with zero attached hydrogens (tertiary/aromatic N) is 2. The number of hydrogen-bond acceptors (Lipinski definition) is 6. The fourth-order valence-corrected chi connectivity index (χ4v) is 2.53. The molecule has 0 fully saturated rings. The van der Waals surface area contributed by atoms with Crippen LogP contribution in [-0.2, 0) is 4.79 Å². The number of amides is 2. The van der Waals surface area contributed by atoms with E-state index in [2.05, 4.69) is 5.32 Å². The maximum absolute atomic E-state index is 11.9. The lowest BCUT2D eigenvalue weighted by Crippen LogP contribution is -2.33. The van der Waals surface area contributed by atoms with Crippen LogP contribution in [0, 0.1) is 10.1 Å². The minimum Gasteiger partial charge on any atom is -0.366 e. The Bertz CT molecular complexity index is 579. The minimum atomic E-state index is -0.734.